The molecule has 0 saturated heterocycles. The van der Waals surface area contributed by atoms with Crippen LogP contribution in [0.5, 0.6) is 0 Å². The van der Waals surface area contributed by atoms with Gasteiger partial charge in [0, 0.05) is 14.0 Å². The van der Waals surface area contributed by atoms with Gasteiger partial charge in [-0.05, 0) is 70.8 Å². The molecule has 0 aromatic heterocycles. The summed E-state index contributed by atoms with van der Waals surface area (Å²) in [4.78, 5) is 12.1. The first-order valence-electron chi connectivity index (χ1n) is 5.77. The number of rotatable bonds is 3. The minimum Gasteiger partial charge on any atom is -0.321 e. The molecule has 0 aliphatic heterocycles. The Bertz CT molecular complexity index is 643. The first-order valence-corrected chi connectivity index (χ1v) is 7.66. The van der Waals surface area contributed by atoms with Crippen LogP contribution < -0.4 is 5.32 Å². The van der Waals surface area contributed by atoms with E-state index in [1.165, 1.54) is 24.3 Å². The summed E-state index contributed by atoms with van der Waals surface area (Å²) in [6, 6.07) is 12.6. The van der Waals surface area contributed by atoms with Gasteiger partial charge in [-0.3, -0.25) is 4.79 Å². The van der Waals surface area contributed by atoms with Gasteiger partial charge in [0.25, 0.3) is 5.91 Å². The van der Waals surface area contributed by atoms with Crippen molar-refractivity contribution in [2.45, 2.75) is 10.4 Å². The molecule has 0 atom stereocenters. The molecule has 0 aliphatic rings. The second-order valence-corrected chi connectivity index (χ2v) is 6.31. The first kappa shape index (κ1) is 16.2. The number of thioether (sulfide) groups is 1. The van der Waals surface area contributed by atoms with Gasteiger partial charge in [-0.1, -0.05) is 12.1 Å². The fourth-order valence-corrected chi connectivity index (χ4v) is 2.63. The summed E-state index contributed by atoms with van der Waals surface area (Å²) >= 11 is 1.88. The highest BCUT2D eigenvalue weighted by Crippen LogP contribution is 2.36. The van der Waals surface area contributed by atoms with E-state index >= 15 is 0 Å². The van der Waals surface area contributed by atoms with Gasteiger partial charge in [0.2, 0.25) is 0 Å². The number of amides is 1. The number of nitrogens with one attached hydrogen (secondary N) is 1. The fourth-order valence-electron chi connectivity index (χ4n) is 1.57. The summed E-state index contributed by atoms with van der Waals surface area (Å²) in [5, 5.41) is 2.72. The summed E-state index contributed by atoms with van der Waals surface area (Å²) in [6.45, 7) is 0. The number of hydrogen-bond donors (Lipinski definition) is 1. The monoisotopic (exact) mass is 423 g/mol. The number of halogens is 4. The highest BCUT2D eigenvalue weighted by molar-refractivity contribution is 14.1. The molecular formula is C14H9F3INOS. The van der Waals surface area contributed by atoms with Gasteiger partial charge in [-0.15, -0.1) is 0 Å². The predicted octanol–water partition coefficient (Wildman–Crippen LogP) is 5.16. The van der Waals surface area contributed by atoms with Crippen LogP contribution >= 0.6 is 34.4 Å². The van der Waals surface area contributed by atoms with Gasteiger partial charge in [0.05, 0.1) is 5.69 Å². The summed E-state index contributed by atoms with van der Waals surface area (Å²) in [6.07, 6.45) is 0. The predicted molar refractivity (Wildman–Crippen MR) is 85.5 cm³/mol. The summed E-state index contributed by atoms with van der Waals surface area (Å²) in [5.74, 6) is -0.359. The van der Waals surface area contributed by atoms with E-state index in [1.807, 2.05) is 12.1 Å². The van der Waals surface area contributed by atoms with E-state index in [2.05, 4.69) is 27.9 Å². The Morgan fingerprint density at radius 3 is 2.24 bits per heavy atom. The van der Waals surface area contributed by atoms with Crippen molar-refractivity contribution in [1.29, 1.82) is 0 Å². The zero-order valence-electron chi connectivity index (χ0n) is 10.4. The third-order valence-corrected chi connectivity index (χ3v) is 4.15. The number of anilines is 1. The Morgan fingerprint density at radius 2 is 1.67 bits per heavy atom. The number of benzene rings is 2. The van der Waals surface area contributed by atoms with Crippen molar-refractivity contribution in [3.63, 3.8) is 0 Å². The Balaban J connectivity index is 2.08. The van der Waals surface area contributed by atoms with Crippen LogP contribution in [0.25, 0.3) is 0 Å². The molecule has 110 valence electrons. The highest BCUT2D eigenvalue weighted by atomic mass is 127. The summed E-state index contributed by atoms with van der Waals surface area (Å²) < 4.78 is 37.5. The molecule has 0 saturated carbocycles. The molecule has 2 rings (SSSR count). The van der Waals surface area contributed by atoms with Crippen LogP contribution in [0.15, 0.2) is 53.4 Å². The molecule has 0 aliphatic carbocycles. The summed E-state index contributed by atoms with van der Waals surface area (Å²) in [5.41, 5.74) is -3.36. The number of para-hydroxylation sites is 1. The zero-order chi connectivity index (χ0) is 15.5. The quantitative estimate of drug-likeness (QED) is 0.546. The van der Waals surface area contributed by atoms with Gasteiger partial charge in [0.1, 0.15) is 0 Å². The maximum Gasteiger partial charge on any atom is 0.446 e. The molecule has 2 aromatic carbocycles. The number of carbonyl (C=O) groups excluding carboxylic acids is 1. The maximum atomic E-state index is 12.2. The lowest BCUT2D eigenvalue weighted by Crippen LogP contribution is -2.12. The minimum atomic E-state index is -4.33. The van der Waals surface area contributed by atoms with Crippen LogP contribution in [0.3, 0.4) is 0 Å². The van der Waals surface area contributed by atoms with Crippen LogP contribution in [0, 0.1) is 3.57 Å². The molecule has 0 unspecified atom stereocenters. The molecule has 0 heterocycles. The van der Waals surface area contributed by atoms with E-state index in [4.69, 9.17) is 0 Å². The van der Waals surface area contributed by atoms with Gasteiger partial charge in [0.15, 0.2) is 0 Å². The van der Waals surface area contributed by atoms with Crippen molar-refractivity contribution in [1.82, 2.24) is 0 Å². The molecule has 7 heteroatoms. The first-order chi connectivity index (χ1) is 9.85. The van der Waals surface area contributed by atoms with Gasteiger partial charge >= 0.3 is 5.51 Å². The zero-order valence-corrected chi connectivity index (χ0v) is 13.4. The topological polar surface area (TPSA) is 29.1 Å². The van der Waals surface area contributed by atoms with Crippen molar-refractivity contribution in [3.8, 4) is 0 Å². The van der Waals surface area contributed by atoms with Crippen molar-refractivity contribution < 1.29 is 18.0 Å². The molecule has 0 fully saturated rings. The number of alkyl halides is 3. The van der Waals surface area contributed by atoms with Crippen molar-refractivity contribution in [2.24, 2.45) is 0 Å². The Morgan fingerprint density at radius 1 is 1.05 bits per heavy atom. The minimum absolute atomic E-state index is 0.0494. The van der Waals surface area contributed by atoms with Crippen LogP contribution in [-0.4, -0.2) is 11.4 Å². The fraction of sp³-hybridized carbons (Fsp3) is 0.0714. The molecule has 2 aromatic rings. The number of carbonyl (C=O) groups is 1. The summed E-state index contributed by atoms with van der Waals surface area (Å²) in [7, 11) is 0. The second kappa shape index (κ2) is 6.69. The van der Waals surface area contributed by atoms with Gasteiger partial charge < -0.3 is 5.32 Å². The van der Waals surface area contributed by atoms with Crippen LogP contribution in [-0.2, 0) is 0 Å². The normalized spacial score (nSPS) is 11.2. The second-order valence-electron chi connectivity index (χ2n) is 4.01. The van der Waals surface area contributed by atoms with E-state index < -0.39 is 5.51 Å². The molecule has 1 amide bonds. The molecule has 0 radical (unpaired) electrons. The Labute approximate surface area is 137 Å². The Hall–Kier alpha value is -1.22. The lowest BCUT2D eigenvalue weighted by Gasteiger charge is -2.08. The maximum absolute atomic E-state index is 12.2. The molecule has 21 heavy (non-hydrogen) atoms. The van der Waals surface area contributed by atoms with Crippen molar-refractivity contribution in [2.75, 3.05) is 5.32 Å². The van der Waals surface area contributed by atoms with E-state index in [-0.39, 0.29) is 22.6 Å². The van der Waals surface area contributed by atoms with Crippen molar-refractivity contribution >= 4 is 45.9 Å². The van der Waals surface area contributed by atoms with E-state index in [9.17, 15) is 18.0 Å². The lowest BCUT2D eigenvalue weighted by atomic mass is 10.2. The molecule has 1 N–H and O–H groups in total. The largest absolute Gasteiger partial charge is 0.446 e. The number of hydrogen-bond acceptors (Lipinski definition) is 2. The SMILES string of the molecule is O=C(Nc1ccccc1I)c1ccc(SC(F)(F)F)cc1. The van der Waals surface area contributed by atoms with Gasteiger partial charge in [-0.25, -0.2) is 0 Å². The molecule has 2 nitrogen and oxygen atoms in total. The van der Waals surface area contributed by atoms with E-state index in [1.54, 1.807) is 12.1 Å². The molecule has 0 bridgehead atoms. The lowest BCUT2D eigenvalue weighted by molar-refractivity contribution is -0.0328. The smallest absolute Gasteiger partial charge is 0.321 e. The average molecular weight is 423 g/mol. The van der Waals surface area contributed by atoms with Crippen molar-refractivity contribution in [3.05, 3.63) is 57.7 Å². The molecule has 0 spiro atoms. The average Bonchev–Trinajstić information content (AvgIpc) is 2.40. The van der Waals surface area contributed by atoms with Gasteiger partial charge in [-0.2, -0.15) is 13.2 Å². The third-order valence-electron chi connectivity index (χ3n) is 2.47. The highest BCUT2D eigenvalue weighted by Gasteiger charge is 2.29. The molecular weight excluding hydrogens is 414 g/mol. The Kier molecular flexibility index (Phi) is 5.15. The van der Waals surface area contributed by atoms with Crippen LogP contribution in [0.2, 0.25) is 0 Å². The standard InChI is InChI=1S/C14H9F3INOS/c15-14(16,17)21-10-7-5-9(6-8-10)13(20)19-12-4-2-1-3-11(12)18/h1-8H,(H,19,20). The van der Waals surface area contributed by atoms with E-state index in [0.717, 1.165) is 3.57 Å². The van der Waals surface area contributed by atoms with Crippen LogP contribution in [0.1, 0.15) is 10.4 Å². The van der Waals surface area contributed by atoms with E-state index in [0.29, 0.717) is 11.3 Å². The third kappa shape index (κ3) is 4.92. The van der Waals surface area contributed by atoms with Crippen LogP contribution in [0.4, 0.5) is 18.9 Å².